The van der Waals surface area contributed by atoms with Crippen molar-refractivity contribution >= 4 is 11.6 Å². The van der Waals surface area contributed by atoms with Gasteiger partial charge in [-0.3, -0.25) is 4.98 Å². The minimum absolute atomic E-state index is 0.234. The molecular weight excluding hydrogens is 192 g/mol. The second-order valence-corrected chi connectivity index (χ2v) is 3.73. The Morgan fingerprint density at radius 2 is 2.00 bits per heavy atom. The van der Waals surface area contributed by atoms with Gasteiger partial charge in [-0.15, -0.1) is 0 Å². The van der Waals surface area contributed by atoms with E-state index in [9.17, 15) is 5.11 Å². The molecule has 15 heavy (non-hydrogen) atoms. The average molecular weight is 210 g/mol. The fourth-order valence-corrected chi connectivity index (χ4v) is 1.02. The van der Waals surface area contributed by atoms with Crippen molar-refractivity contribution in [2.45, 2.75) is 20.0 Å². The number of hydrogen-bond acceptors (Lipinski definition) is 5. The molecule has 0 aliphatic heterocycles. The van der Waals surface area contributed by atoms with E-state index in [0.29, 0.717) is 18.2 Å². The number of nitrogens with one attached hydrogen (secondary N) is 2. The van der Waals surface area contributed by atoms with Crippen LogP contribution in [0.1, 0.15) is 13.8 Å². The lowest BCUT2D eigenvalue weighted by molar-refractivity contribution is 0.138. The maximum atomic E-state index is 9.59. The molecule has 0 radical (unpaired) electrons. The molecule has 1 rings (SSSR count). The summed E-state index contributed by atoms with van der Waals surface area (Å²) in [6.07, 6.45) is 2.91. The first-order valence-corrected chi connectivity index (χ1v) is 5.05. The van der Waals surface area contributed by atoms with Crippen LogP contribution in [0, 0.1) is 5.92 Å². The standard InChI is InChI=1S/C10H18N4O/c1-7(2)8(15)4-13-10-6-12-5-9(11-3)14-10/h5-8,15H,4H2,1-3H3,(H2,11,13,14). The molecule has 0 saturated heterocycles. The van der Waals surface area contributed by atoms with Gasteiger partial charge in [0.2, 0.25) is 0 Å². The normalized spacial score (nSPS) is 12.6. The van der Waals surface area contributed by atoms with E-state index in [2.05, 4.69) is 20.6 Å². The fourth-order valence-electron chi connectivity index (χ4n) is 1.02. The number of aromatic nitrogens is 2. The van der Waals surface area contributed by atoms with Gasteiger partial charge >= 0.3 is 0 Å². The zero-order valence-corrected chi connectivity index (χ0v) is 9.36. The lowest BCUT2D eigenvalue weighted by Gasteiger charge is -2.15. The van der Waals surface area contributed by atoms with E-state index in [0.717, 1.165) is 0 Å². The molecule has 1 aromatic heterocycles. The molecule has 0 aliphatic carbocycles. The topological polar surface area (TPSA) is 70.1 Å². The van der Waals surface area contributed by atoms with Gasteiger partial charge < -0.3 is 15.7 Å². The Morgan fingerprint density at radius 3 is 2.60 bits per heavy atom. The van der Waals surface area contributed by atoms with Crippen LogP contribution in [0.2, 0.25) is 0 Å². The Labute approximate surface area is 90.0 Å². The lowest BCUT2D eigenvalue weighted by atomic mass is 10.1. The van der Waals surface area contributed by atoms with Crippen LogP contribution in [0.3, 0.4) is 0 Å². The highest BCUT2D eigenvalue weighted by molar-refractivity contribution is 5.40. The molecule has 0 fully saturated rings. The van der Waals surface area contributed by atoms with Crippen molar-refractivity contribution in [1.29, 1.82) is 0 Å². The van der Waals surface area contributed by atoms with Crippen LogP contribution in [-0.4, -0.2) is 34.8 Å². The molecule has 5 nitrogen and oxygen atoms in total. The fraction of sp³-hybridized carbons (Fsp3) is 0.600. The van der Waals surface area contributed by atoms with Crippen LogP contribution in [0.15, 0.2) is 12.4 Å². The number of aliphatic hydroxyl groups excluding tert-OH is 1. The third-order valence-corrected chi connectivity index (χ3v) is 2.15. The average Bonchev–Trinajstić information content (AvgIpc) is 2.26. The first-order valence-electron chi connectivity index (χ1n) is 5.05. The number of aliphatic hydroxyl groups is 1. The molecule has 0 aliphatic rings. The Balaban J connectivity index is 2.50. The Kier molecular flexibility index (Phi) is 4.30. The van der Waals surface area contributed by atoms with Crippen molar-refractivity contribution in [2.24, 2.45) is 5.92 Å². The predicted molar refractivity (Wildman–Crippen MR) is 60.9 cm³/mol. The van der Waals surface area contributed by atoms with E-state index >= 15 is 0 Å². The van der Waals surface area contributed by atoms with E-state index in [1.807, 2.05) is 13.8 Å². The van der Waals surface area contributed by atoms with Crippen LogP contribution < -0.4 is 10.6 Å². The quantitative estimate of drug-likeness (QED) is 0.675. The highest BCUT2D eigenvalue weighted by Gasteiger charge is 2.08. The van der Waals surface area contributed by atoms with Crippen LogP contribution in [-0.2, 0) is 0 Å². The molecule has 0 bridgehead atoms. The molecule has 84 valence electrons. The van der Waals surface area contributed by atoms with Gasteiger partial charge in [0, 0.05) is 13.6 Å². The molecule has 5 heteroatoms. The van der Waals surface area contributed by atoms with Gasteiger partial charge in [-0.2, -0.15) is 0 Å². The summed E-state index contributed by atoms with van der Waals surface area (Å²) in [5.74, 6) is 1.61. The number of hydrogen-bond donors (Lipinski definition) is 3. The highest BCUT2D eigenvalue weighted by Crippen LogP contribution is 2.07. The molecule has 1 atom stereocenters. The van der Waals surface area contributed by atoms with Crippen molar-refractivity contribution in [2.75, 3.05) is 24.2 Å². The molecule has 0 saturated carbocycles. The minimum atomic E-state index is -0.370. The zero-order chi connectivity index (χ0) is 11.3. The Bertz CT molecular complexity index is 303. The second kappa shape index (κ2) is 5.50. The highest BCUT2D eigenvalue weighted by atomic mass is 16.3. The zero-order valence-electron chi connectivity index (χ0n) is 9.36. The third-order valence-electron chi connectivity index (χ3n) is 2.15. The molecule has 1 aromatic rings. The van der Waals surface area contributed by atoms with Gasteiger partial charge in [0.15, 0.2) is 0 Å². The smallest absolute Gasteiger partial charge is 0.147 e. The van der Waals surface area contributed by atoms with Crippen molar-refractivity contribution in [3.8, 4) is 0 Å². The summed E-state index contributed by atoms with van der Waals surface area (Å²) >= 11 is 0. The van der Waals surface area contributed by atoms with Crippen LogP contribution >= 0.6 is 0 Å². The Hall–Kier alpha value is -1.36. The largest absolute Gasteiger partial charge is 0.391 e. The van der Waals surface area contributed by atoms with Crippen LogP contribution in [0.25, 0.3) is 0 Å². The summed E-state index contributed by atoms with van der Waals surface area (Å²) in [6.45, 7) is 4.43. The van der Waals surface area contributed by atoms with Gasteiger partial charge in [-0.05, 0) is 5.92 Å². The summed E-state index contributed by atoms with van der Waals surface area (Å²) < 4.78 is 0. The SMILES string of the molecule is CNc1cncc(NCC(O)C(C)C)n1. The summed E-state index contributed by atoms with van der Waals surface area (Å²) in [7, 11) is 1.79. The van der Waals surface area contributed by atoms with Gasteiger partial charge in [0.1, 0.15) is 11.6 Å². The lowest BCUT2D eigenvalue weighted by Crippen LogP contribution is -2.25. The second-order valence-electron chi connectivity index (χ2n) is 3.73. The molecule has 0 spiro atoms. The summed E-state index contributed by atoms with van der Waals surface area (Å²) in [4.78, 5) is 8.24. The molecule has 1 heterocycles. The van der Waals surface area contributed by atoms with Crippen molar-refractivity contribution < 1.29 is 5.11 Å². The first-order chi connectivity index (χ1) is 7.13. The van der Waals surface area contributed by atoms with E-state index < -0.39 is 0 Å². The van der Waals surface area contributed by atoms with E-state index in [4.69, 9.17) is 0 Å². The van der Waals surface area contributed by atoms with Gasteiger partial charge in [-0.1, -0.05) is 13.8 Å². The van der Waals surface area contributed by atoms with Gasteiger partial charge in [0.05, 0.1) is 18.5 Å². The van der Waals surface area contributed by atoms with Crippen molar-refractivity contribution in [3.63, 3.8) is 0 Å². The van der Waals surface area contributed by atoms with Crippen LogP contribution in [0.5, 0.6) is 0 Å². The first kappa shape index (κ1) is 11.7. The molecule has 0 amide bonds. The van der Waals surface area contributed by atoms with E-state index in [-0.39, 0.29) is 12.0 Å². The maximum Gasteiger partial charge on any atom is 0.147 e. The van der Waals surface area contributed by atoms with Gasteiger partial charge in [-0.25, -0.2) is 4.98 Å². The maximum absolute atomic E-state index is 9.59. The van der Waals surface area contributed by atoms with E-state index in [1.54, 1.807) is 19.4 Å². The van der Waals surface area contributed by atoms with Crippen molar-refractivity contribution in [1.82, 2.24) is 9.97 Å². The minimum Gasteiger partial charge on any atom is -0.391 e. The molecule has 3 N–H and O–H groups in total. The summed E-state index contributed by atoms with van der Waals surface area (Å²) in [6, 6.07) is 0. The van der Waals surface area contributed by atoms with Crippen molar-refractivity contribution in [3.05, 3.63) is 12.4 Å². The monoisotopic (exact) mass is 210 g/mol. The van der Waals surface area contributed by atoms with Gasteiger partial charge in [0.25, 0.3) is 0 Å². The molecule has 1 unspecified atom stereocenters. The summed E-state index contributed by atoms with van der Waals surface area (Å²) in [5.41, 5.74) is 0. The molecular formula is C10H18N4O. The number of rotatable bonds is 5. The van der Waals surface area contributed by atoms with E-state index in [1.165, 1.54) is 0 Å². The Morgan fingerprint density at radius 1 is 1.33 bits per heavy atom. The van der Waals surface area contributed by atoms with Crippen LogP contribution in [0.4, 0.5) is 11.6 Å². The third kappa shape index (κ3) is 3.71. The number of anilines is 2. The molecule has 0 aromatic carbocycles. The predicted octanol–water partition coefficient (Wildman–Crippen LogP) is 0.947. The number of nitrogens with zero attached hydrogens (tertiary/aromatic N) is 2. The summed E-state index contributed by atoms with van der Waals surface area (Å²) in [5, 5.41) is 15.5.